The Kier molecular flexibility index (Phi) is 9.32. The lowest BCUT2D eigenvalue weighted by atomic mass is 9.82. The number of anilines is 3. The van der Waals surface area contributed by atoms with E-state index in [4.69, 9.17) is 4.74 Å². The Hall–Kier alpha value is -4.68. The number of hydrogen-bond donors (Lipinski definition) is 1. The largest absolute Gasteiger partial charge is 0.395 e. The maximum Gasteiger partial charge on any atom is 0.264 e. The maximum atomic E-state index is 16.5. The van der Waals surface area contributed by atoms with Gasteiger partial charge in [-0.1, -0.05) is 89.6 Å². The summed E-state index contributed by atoms with van der Waals surface area (Å²) >= 11 is 3.60. The van der Waals surface area contributed by atoms with Crippen LogP contribution in [0.1, 0.15) is 40.4 Å². The molecule has 3 heterocycles. The topological polar surface area (TPSA) is 90.4 Å². The van der Waals surface area contributed by atoms with Crippen LogP contribution in [0.15, 0.2) is 114 Å². The van der Waals surface area contributed by atoms with E-state index >= 15 is 8.90 Å². The minimum absolute atomic E-state index is 0.107. The van der Waals surface area contributed by atoms with Gasteiger partial charge in [-0.05, 0) is 72.1 Å². The van der Waals surface area contributed by atoms with Crippen LogP contribution in [0.4, 0.5) is 21.2 Å². The van der Waals surface area contributed by atoms with Crippen molar-refractivity contribution in [1.82, 2.24) is 4.90 Å². The van der Waals surface area contributed by atoms with E-state index in [0.29, 0.717) is 29.0 Å². The molecule has 0 bridgehead atoms. The Labute approximate surface area is 323 Å². The lowest BCUT2D eigenvalue weighted by Gasteiger charge is -2.31. The fraction of sp³-hybridized carbons (Fsp3) is 0.279. The second-order valence-corrected chi connectivity index (χ2v) is 19.8. The zero-order valence-corrected chi connectivity index (χ0v) is 32.9. The predicted molar refractivity (Wildman–Crippen MR) is 214 cm³/mol. The molecule has 5 aromatic carbocycles. The summed E-state index contributed by atoms with van der Waals surface area (Å²) in [5.41, 5.74) is 2.98. The van der Waals surface area contributed by atoms with Crippen molar-refractivity contribution in [3.8, 4) is 0 Å². The van der Waals surface area contributed by atoms with Crippen LogP contribution in [0, 0.1) is 5.92 Å². The molecule has 0 radical (unpaired) electrons. The number of amides is 3. The van der Waals surface area contributed by atoms with E-state index < -0.39 is 31.6 Å². The first-order valence-electron chi connectivity index (χ1n) is 18.3. The number of nitrogens with zero attached hydrogens (tertiary/aromatic N) is 3. The summed E-state index contributed by atoms with van der Waals surface area (Å²) in [5, 5.41) is 11.8. The minimum atomic E-state index is -3.54. The quantitative estimate of drug-likeness (QED) is 0.113. The average molecular weight is 807 g/mol. The van der Waals surface area contributed by atoms with Crippen molar-refractivity contribution in [3.63, 3.8) is 0 Å². The second-order valence-electron chi connectivity index (χ2n) is 15.0. The molecule has 0 aromatic heterocycles. The normalized spacial score (nSPS) is 21.8. The Morgan fingerprint density at radius 3 is 2.39 bits per heavy atom. The summed E-state index contributed by atoms with van der Waals surface area (Å²) in [5.74, 6) is -1.27. The van der Waals surface area contributed by atoms with Gasteiger partial charge in [-0.3, -0.25) is 19.3 Å². The smallest absolute Gasteiger partial charge is 0.264 e. The van der Waals surface area contributed by atoms with Crippen LogP contribution in [-0.4, -0.2) is 55.4 Å². The highest BCUT2D eigenvalue weighted by Gasteiger charge is 2.67. The van der Waals surface area contributed by atoms with Crippen LogP contribution in [0.2, 0.25) is 18.6 Å². The maximum absolute atomic E-state index is 16.5. The summed E-state index contributed by atoms with van der Waals surface area (Å²) < 4.78 is 24.2. The van der Waals surface area contributed by atoms with Gasteiger partial charge in [-0.15, -0.1) is 0 Å². The summed E-state index contributed by atoms with van der Waals surface area (Å²) in [7, 11) is -3.54. The molecule has 0 unspecified atom stereocenters. The van der Waals surface area contributed by atoms with E-state index in [1.165, 1.54) is 0 Å². The Morgan fingerprint density at radius 2 is 1.65 bits per heavy atom. The zero-order chi connectivity index (χ0) is 37.9. The van der Waals surface area contributed by atoms with Crippen molar-refractivity contribution >= 4 is 69.9 Å². The molecule has 1 fully saturated rings. The molecule has 276 valence electrons. The molecule has 11 heteroatoms. The first kappa shape index (κ1) is 36.3. The number of benzene rings is 5. The highest BCUT2D eigenvalue weighted by molar-refractivity contribution is 9.10. The molecular weight excluding hydrogens is 765 g/mol. The molecule has 1 N–H and O–H groups in total. The molecule has 3 aliphatic rings. The van der Waals surface area contributed by atoms with Gasteiger partial charge in [0.1, 0.15) is 0 Å². The van der Waals surface area contributed by atoms with Gasteiger partial charge < -0.3 is 23.8 Å². The molecule has 3 amide bonds. The number of aliphatic hydroxyl groups is 1. The molecule has 8 nitrogen and oxygen atoms in total. The van der Waals surface area contributed by atoms with Gasteiger partial charge in [-0.25, -0.2) is 0 Å². The molecule has 5 aromatic rings. The predicted octanol–water partition coefficient (Wildman–Crippen LogP) is 8.63. The summed E-state index contributed by atoms with van der Waals surface area (Å²) in [4.78, 5) is 47.7. The third-order valence-electron chi connectivity index (χ3n) is 11.3. The zero-order valence-electron chi connectivity index (χ0n) is 30.3. The van der Waals surface area contributed by atoms with Crippen LogP contribution >= 0.6 is 15.9 Å². The van der Waals surface area contributed by atoms with Crippen molar-refractivity contribution in [2.75, 3.05) is 23.0 Å². The number of halogens is 2. The van der Waals surface area contributed by atoms with Gasteiger partial charge >= 0.3 is 0 Å². The number of ether oxygens (including phenoxy) is 1. The van der Waals surface area contributed by atoms with Crippen molar-refractivity contribution in [1.29, 1.82) is 0 Å². The summed E-state index contributed by atoms with van der Waals surface area (Å²) in [6, 6.07) is 34.4. The molecule has 1 spiro atoms. The highest BCUT2D eigenvalue weighted by atomic mass is 79.9. The van der Waals surface area contributed by atoms with Gasteiger partial charge in [0.15, 0.2) is 5.60 Å². The first-order valence-corrected chi connectivity index (χ1v) is 22.0. The third kappa shape index (κ3) is 5.98. The molecule has 1 saturated heterocycles. The molecule has 4 atom stereocenters. The van der Waals surface area contributed by atoms with E-state index in [1.807, 2.05) is 116 Å². The molecular formula is C43H41BrFN3O5Si. The Bertz CT molecular complexity index is 2300. The lowest BCUT2D eigenvalue weighted by molar-refractivity contribution is -0.150. The number of fused-ring (bicyclic) bond motifs is 2. The molecule has 54 heavy (non-hydrogen) atoms. The van der Waals surface area contributed by atoms with Crippen molar-refractivity contribution < 1.29 is 28.3 Å². The monoisotopic (exact) mass is 805 g/mol. The minimum Gasteiger partial charge on any atom is -0.395 e. The number of aliphatic hydroxyl groups excluding tert-OH is 1. The molecule has 8 rings (SSSR count). The number of hydrogen-bond acceptors (Lipinski definition) is 5. The van der Waals surface area contributed by atoms with Crippen LogP contribution < -0.4 is 9.80 Å². The van der Waals surface area contributed by atoms with Crippen LogP contribution in [0.3, 0.4) is 0 Å². The van der Waals surface area contributed by atoms with Gasteiger partial charge in [0, 0.05) is 45.7 Å². The number of carbonyl (C=O) groups excluding carboxylic acids is 3. The Balaban J connectivity index is 1.12. The fourth-order valence-corrected chi connectivity index (χ4v) is 11.9. The van der Waals surface area contributed by atoms with E-state index in [0.717, 1.165) is 32.1 Å². The molecule has 3 aliphatic heterocycles. The molecule has 0 aliphatic carbocycles. The van der Waals surface area contributed by atoms with Crippen molar-refractivity contribution in [2.45, 2.75) is 56.8 Å². The van der Waals surface area contributed by atoms with Gasteiger partial charge in [0.2, 0.25) is 14.3 Å². The van der Waals surface area contributed by atoms with E-state index in [1.54, 1.807) is 27.8 Å². The number of rotatable bonds is 10. The van der Waals surface area contributed by atoms with Crippen molar-refractivity contribution in [3.05, 3.63) is 136 Å². The second kappa shape index (κ2) is 13.9. The Morgan fingerprint density at radius 1 is 0.926 bits per heavy atom. The van der Waals surface area contributed by atoms with E-state index in [2.05, 4.69) is 15.9 Å². The first-order chi connectivity index (χ1) is 25.9. The standard InChI is InChI=1S/C43H41BrFN3O5Si/c1-27-40(54(2,3)45)37(24-38(50)46(20-21-49)25-28-10-5-4-6-11-28)53-43(27)34-23-31(44)18-19-35(34)47(42(43)52)26-29-12-7-15-32(22-29)48-36-17-9-14-30-13-8-16-33(39(30)36)41(48)51/h4-19,22-23,27,37,40,49H,20-21,24-26H2,1-3H3/t27-,37+,40-,43+/m1/s1. The van der Waals surface area contributed by atoms with Crippen molar-refractivity contribution in [2.24, 2.45) is 5.92 Å². The van der Waals surface area contributed by atoms with Crippen LogP contribution in [0.25, 0.3) is 10.8 Å². The number of carbonyl (C=O) groups is 3. The average Bonchev–Trinajstić information content (AvgIpc) is 3.70. The molecule has 0 saturated carbocycles. The van der Waals surface area contributed by atoms with E-state index in [-0.39, 0.29) is 43.8 Å². The fourth-order valence-electron chi connectivity index (χ4n) is 9.04. The summed E-state index contributed by atoms with van der Waals surface area (Å²) in [6.45, 7) is 5.49. The van der Waals surface area contributed by atoms with Crippen LogP contribution in [-0.2, 0) is 33.0 Å². The lowest BCUT2D eigenvalue weighted by Crippen LogP contribution is -2.45. The van der Waals surface area contributed by atoms with Crippen LogP contribution in [0.5, 0.6) is 0 Å². The van der Waals surface area contributed by atoms with Gasteiger partial charge in [0.25, 0.3) is 11.8 Å². The highest BCUT2D eigenvalue weighted by Crippen LogP contribution is 2.60. The summed E-state index contributed by atoms with van der Waals surface area (Å²) in [6.07, 6.45) is -0.984. The van der Waals surface area contributed by atoms with Gasteiger partial charge in [0.05, 0.1) is 42.6 Å². The third-order valence-corrected chi connectivity index (χ3v) is 14.3. The van der Waals surface area contributed by atoms with Gasteiger partial charge in [-0.2, -0.15) is 0 Å². The SMILES string of the molecule is C[C@@H]1[C@@H]([Si](C)(C)F)[C@H](CC(=O)N(CCO)Cc2ccccc2)O[C@@]12C(=O)N(Cc1cccc(N3C(=O)c4cccc5cccc3c45)c1)c1ccc(Br)cc12. The van der Waals surface area contributed by atoms with E-state index in [9.17, 15) is 14.7 Å².